The molecule has 2 heterocycles. The highest BCUT2D eigenvalue weighted by atomic mass is 16.5. The van der Waals surface area contributed by atoms with Crippen LogP contribution in [0.5, 0.6) is 5.88 Å². The van der Waals surface area contributed by atoms with E-state index in [2.05, 4.69) is 22.2 Å². The largest absolute Gasteiger partial charge is 0.477 e. The molecule has 0 bridgehead atoms. The van der Waals surface area contributed by atoms with Gasteiger partial charge in [-0.25, -0.2) is 0 Å². The third-order valence-corrected chi connectivity index (χ3v) is 2.50. The SMILES string of the molecule is CCCCOc1ccc(N2N=C(C)CC2=O)nn1. The topological polar surface area (TPSA) is 67.7 Å². The molecule has 0 spiro atoms. The van der Waals surface area contributed by atoms with Crippen LogP contribution in [0.4, 0.5) is 5.82 Å². The first-order valence-corrected chi connectivity index (χ1v) is 6.04. The second kappa shape index (κ2) is 5.57. The summed E-state index contributed by atoms with van der Waals surface area (Å²) in [4.78, 5) is 11.6. The Morgan fingerprint density at radius 3 is 2.78 bits per heavy atom. The van der Waals surface area contributed by atoms with Gasteiger partial charge in [0.15, 0.2) is 5.82 Å². The number of nitrogens with zero attached hydrogens (tertiary/aromatic N) is 4. The Morgan fingerprint density at radius 1 is 1.39 bits per heavy atom. The van der Waals surface area contributed by atoms with Gasteiger partial charge in [0.1, 0.15) is 0 Å². The highest BCUT2D eigenvalue weighted by Gasteiger charge is 2.23. The summed E-state index contributed by atoms with van der Waals surface area (Å²) in [5.41, 5.74) is 0.782. The van der Waals surface area contributed by atoms with Crippen LogP contribution >= 0.6 is 0 Å². The fourth-order valence-electron chi connectivity index (χ4n) is 1.56. The number of amides is 1. The number of carbonyl (C=O) groups is 1. The Bertz CT molecular complexity index is 456. The third-order valence-electron chi connectivity index (χ3n) is 2.50. The van der Waals surface area contributed by atoms with Crippen LogP contribution in [0.1, 0.15) is 33.1 Å². The van der Waals surface area contributed by atoms with Gasteiger partial charge >= 0.3 is 0 Å². The van der Waals surface area contributed by atoms with Crippen molar-refractivity contribution >= 4 is 17.4 Å². The van der Waals surface area contributed by atoms with E-state index in [1.54, 1.807) is 12.1 Å². The average Bonchev–Trinajstić information content (AvgIpc) is 2.70. The smallest absolute Gasteiger partial charge is 0.254 e. The lowest BCUT2D eigenvalue weighted by Gasteiger charge is -2.10. The molecule has 0 aliphatic carbocycles. The van der Waals surface area contributed by atoms with Gasteiger partial charge in [0.25, 0.3) is 5.91 Å². The van der Waals surface area contributed by atoms with Gasteiger partial charge in [0.2, 0.25) is 5.88 Å². The first kappa shape index (κ1) is 12.5. The van der Waals surface area contributed by atoms with Crippen molar-refractivity contribution in [1.29, 1.82) is 0 Å². The Morgan fingerprint density at radius 2 is 2.22 bits per heavy atom. The zero-order valence-corrected chi connectivity index (χ0v) is 10.6. The summed E-state index contributed by atoms with van der Waals surface area (Å²) in [5.74, 6) is 0.820. The van der Waals surface area contributed by atoms with Gasteiger partial charge in [0.05, 0.1) is 13.0 Å². The minimum atomic E-state index is -0.0820. The Labute approximate surface area is 106 Å². The van der Waals surface area contributed by atoms with Crippen LogP contribution in [0.2, 0.25) is 0 Å². The second-order valence-electron chi connectivity index (χ2n) is 4.15. The predicted octanol–water partition coefficient (Wildman–Crippen LogP) is 1.77. The van der Waals surface area contributed by atoms with Crippen molar-refractivity contribution < 1.29 is 9.53 Å². The van der Waals surface area contributed by atoms with Crippen molar-refractivity contribution in [3.05, 3.63) is 12.1 Å². The van der Waals surface area contributed by atoms with Crippen molar-refractivity contribution in [2.45, 2.75) is 33.1 Å². The van der Waals surface area contributed by atoms with Gasteiger partial charge in [-0.1, -0.05) is 13.3 Å². The molecule has 0 radical (unpaired) electrons. The lowest BCUT2D eigenvalue weighted by Crippen LogP contribution is -2.21. The number of rotatable bonds is 5. The van der Waals surface area contributed by atoms with Crippen molar-refractivity contribution in [2.75, 3.05) is 11.6 Å². The van der Waals surface area contributed by atoms with Crippen molar-refractivity contribution in [3.63, 3.8) is 0 Å². The second-order valence-corrected chi connectivity index (χ2v) is 4.15. The Balaban J connectivity index is 2.01. The molecule has 6 nitrogen and oxygen atoms in total. The molecular weight excluding hydrogens is 232 g/mol. The van der Waals surface area contributed by atoms with Crippen LogP contribution in [0.15, 0.2) is 17.2 Å². The van der Waals surface area contributed by atoms with Gasteiger partial charge in [-0.3, -0.25) is 4.79 Å². The summed E-state index contributed by atoms with van der Waals surface area (Å²) < 4.78 is 5.40. The third kappa shape index (κ3) is 2.82. The van der Waals surface area contributed by atoms with Gasteiger partial charge < -0.3 is 4.74 Å². The molecule has 1 aliphatic heterocycles. The van der Waals surface area contributed by atoms with E-state index in [1.165, 1.54) is 5.01 Å². The number of ether oxygens (including phenoxy) is 1. The fourth-order valence-corrected chi connectivity index (χ4v) is 1.56. The molecule has 0 saturated heterocycles. The van der Waals surface area contributed by atoms with Crippen LogP contribution < -0.4 is 9.75 Å². The number of hydrogen-bond acceptors (Lipinski definition) is 5. The summed E-state index contributed by atoms with van der Waals surface area (Å²) >= 11 is 0. The van der Waals surface area contributed by atoms with E-state index >= 15 is 0 Å². The summed E-state index contributed by atoms with van der Waals surface area (Å²) in [7, 11) is 0. The van der Waals surface area contributed by atoms with Gasteiger partial charge in [-0.15, -0.1) is 10.2 Å². The zero-order valence-electron chi connectivity index (χ0n) is 10.6. The van der Waals surface area contributed by atoms with E-state index in [4.69, 9.17) is 4.74 Å². The first-order chi connectivity index (χ1) is 8.70. The van der Waals surface area contributed by atoms with Crippen molar-refractivity contribution in [3.8, 4) is 5.88 Å². The molecule has 0 aromatic carbocycles. The maximum atomic E-state index is 11.6. The summed E-state index contributed by atoms with van der Waals surface area (Å²) in [5, 5.41) is 13.2. The minimum Gasteiger partial charge on any atom is -0.477 e. The molecule has 0 saturated carbocycles. The van der Waals surface area contributed by atoms with Crippen LogP contribution in [-0.4, -0.2) is 28.4 Å². The number of carbonyl (C=O) groups excluding carboxylic acids is 1. The predicted molar refractivity (Wildman–Crippen MR) is 67.6 cm³/mol. The van der Waals surface area contributed by atoms with E-state index in [9.17, 15) is 4.79 Å². The first-order valence-electron chi connectivity index (χ1n) is 6.04. The number of unbranched alkanes of at least 4 members (excludes halogenated alkanes) is 1. The van der Waals surface area contributed by atoms with E-state index < -0.39 is 0 Å². The van der Waals surface area contributed by atoms with Crippen LogP contribution in [0.3, 0.4) is 0 Å². The Kier molecular flexibility index (Phi) is 3.86. The molecule has 6 heteroatoms. The van der Waals surface area contributed by atoms with E-state index in [0.29, 0.717) is 24.7 Å². The van der Waals surface area contributed by atoms with Crippen LogP contribution in [-0.2, 0) is 4.79 Å². The van der Waals surface area contributed by atoms with Gasteiger partial charge in [0, 0.05) is 11.8 Å². The number of hydrogen-bond donors (Lipinski definition) is 0. The molecule has 1 amide bonds. The van der Waals surface area contributed by atoms with Crippen LogP contribution in [0.25, 0.3) is 0 Å². The molecule has 0 fully saturated rings. The monoisotopic (exact) mass is 248 g/mol. The number of aromatic nitrogens is 2. The molecule has 2 rings (SSSR count). The molecule has 96 valence electrons. The van der Waals surface area contributed by atoms with Gasteiger partial charge in [-0.2, -0.15) is 10.1 Å². The summed E-state index contributed by atoms with van der Waals surface area (Å²) in [6.45, 7) is 4.54. The minimum absolute atomic E-state index is 0.0820. The number of hydrazone groups is 1. The molecule has 0 N–H and O–H groups in total. The summed E-state index contributed by atoms with van der Waals surface area (Å²) in [6.07, 6.45) is 2.40. The fraction of sp³-hybridized carbons (Fsp3) is 0.500. The van der Waals surface area contributed by atoms with Gasteiger partial charge in [-0.05, 0) is 19.4 Å². The lowest BCUT2D eigenvalue weighted by molar-refractivity contribution is -0.116. The van der Waals surface area contributed by atoms with E-state index in [0.717, 1.165) is 18.6 Å². The van der Waals surface area contributed by atoms with E-state index in [-0.39, 0.29) is 5.91 Å². The van der Waals surface area contributed by atoms with Crippen molar-refractivity contribution in [2.24, 2.45) is 5.10 Å². The summed E-state index contributed by atoms with van der Waals surface area (Å²) in [6, 6.07) is 3.39. The standard InChI is InChI=1S/C12H16N4O2/c1-3-4-7-18-11-6-5-10(13-14-11)16-12(17)8-9(2)15-16/h5-6H,3-4,7-8H2,1-2H3. The molecule has 1 aromatic rings. The van der Waals surface area contributed by atoms with Crippen LogP contribution in [0, 0.1) is 0 Å². The average molecular weight is 248 g/mol. The molecular formula is C12H16N4O2. The molecule has 1 aliphatic rings. The highest BCUT2D eigenvalue weighted by Crippen LogP contribution is 2.18. The maximum absolute atomic E-state index is 11.6. The number of anilines is 1. The van der Waals surface area contributed by atoms with E-state index in [1.807, 2.05) is 6.92 Å². The lowest BCUT2D eigenvalue weighted by atomic mass is 10.3. The highest BCUT2D eigenvalue weighted by molar-refractivity contribution is 6.11. The molecule has 0 atom stereocenters. The van der Waals surface area contributed by atoms with Crippen molar-refractivity contribution in [1.82, 2.24) is 10.2 Å². The quantitative estimate of drug-likeness (QED) is 0.745. The molecule has 1 aromatic heterocycles. The molecule has 0 unspecified atom stereocenters. The normalized spacial score (nSPS) is 14.9. The molecule has 18 heavy (non-hydrogen) atoms. The zero-order chi connectivity index (χ0) is 13.0. The maximum Gasteiger partial charge on any atom is 0.254 e. The Hall–Kier alpha value is -1.98.